The van der Waals surface area contributed by atoms with Gasteiger partial charge in [0.15, 0.2) is 7.05 Å². The van der Waals surface area contributed by atoms with Gasteiger partial charge < -0.3 is 4.57 Å². The van der Waals surface area contributed by atoms with Gasteiger partial charge in [-0.1, -0.05) is 57.7 Å². The number of para-hydroxylation sites is 2. The Balaban J connectivity index is 0.00000253. The predicted molar refractivity (Wildman–Crippen MR) is 141 cm³/mol. The van der Waals surface area contributed by atoms with E-state index >= 15 is 0 Å². The van der Waals surface area contributed by atoms with Gasteiger partial charge >= 0.3 is 6.01 Å². The molecule has 2 heterocycles. The van der Waals surface area contributed by atoms with Crippen molar-refractivity contribution >= 4 is 51.9 Å². The van der Waals surface area contributed by atoms with Crippen LogP contribution in [0.2, 0.25) is 13.1 Å². The van der Waals surface area contributed by atoms with Crippen molar-refractivity contribution < 1.29 is 30.2 Å². The van der Waals surface area contributed by atoms with Crippen molar-refractivity contribution in [2.75, 3.05) is 7.05 Å². The van der Waals surface area contributed by atoms with Gasteiger partial charge in [0.2, 0.25) is 6.20 Å². The number of aromatic nitrogens is 1. The van der Waals surface area contributed by atoms with Crippen molar-refractivity contribution in [1.82, 2.24) is 4.57 Å². The number of fused-ring (bicyclic) bond motifs is 3. The average Bonchev–Trinajstić information content (AvgIpc) is 3.45. The molecule has 5 heteroatoms. The molecule has 6 rings (SSSR count). The van der Waals surface area contributed by atoms with E-state index < -0.39 is 8.07 Å². The Labute approximate surface area is 221 Å². The molecule has 0 N–H and O–H groups in total. The molecule has 1 aliphatic rings. The van der Waals surface area contributed by atoms with E-state index in [1.54, 1.807) is 0 Å². The van der Waals surface area contributed by atoms with Crippen LogP contribution in [-0.4, -0.2) is 34.8 Å². The quantitative estimate of drug-likeness (QED) is 0.148. The number of rotatable bonds is 4. The standard InChI is InChI=1S/C30H24N3Si.Pt/c1-31-18-19-32(22-31)24-12-9-13-25(20-24)34(2,3)26-16-17-30-28(21-26)27-14-7-8-15-29(27)33(30)23-10-5-4-6-11-23;/h4-10,12-15,17-19,21H,1-3H3;/q-1;. The summed E-state index contributed by atoms with van der Waals surface area (Å²) in [6.45, 7) is 4.76. The van der Waals surface area contributed by atoms with Crippen LogP contribution < -0.4 is 10.4 Å². The third kappa shape index (κ3) is 3.98. The first-order valence-corrected chi connectivity index (χ1v) is 14.4. The molecule has 0 spiro atoms. The van der Waals surface area contributed by atoms with E-state index in [1.807, 2.05) is 40.7 Å². The van der Waals surface area contributed by atoms with Crippen molar-refractivity contribution in [1.29, 1.82) is 0 Å². The third-order valence-corrected chi connectivity index (χ3v) is 9.90. The summed E-state index contributed by atoms with van der Waals surface area (Å²) in [5, 5.41) is 5.03. The molecular weight excluding hydrogens is 626 g/mol. The molecule has 0 unspecified atom stereocenters. The largest absolute Gasteiger partial charge is 0.493 e. The smallest absolute Gasteiger partial charge is 0.387 e. The van der Waals surface area contributed by atoms with Gasteiger partial charge in [0, 0.05) is 26.6 Å². The maximum Gasteiger partial charge on any atom is 0.493 e. The molecule has 1 aromatic heterocycles. The Morgan fingerprint density at radius 1 is 0.829 bits per heavy atom. The Hall–Kier alpha value is -3.29. The van der Waals surface area contributed by atoms with Gasteiger partial charge in [-0.05, 0) is 11.5 Å². The van der Waals surface area contributed by atoms with E-state index in [2.05, 4.69) is 109 Å². The van der Waals surface area contributed by atoms with Gasteiger partial charge in [0.25, 0.3) is 6.20 Å². The minimum Gasteiger partial charge on any atom is -0.387 e. The molecule has 0 aliphatic carbocycles. The second kappa shape index (κ2) is 9.05. The second-order valence-electron chi connectivity index (χ2n) is 9.20. The average molecular weight is 650 g/mol. The fourth-order valence-electron chi connectivity index (χ4n) is 4.70. The van der Waals surface area contributed by atoms with Crippen molar-refractivity contribution in [2.45, 2.75) is 13.1 Å². The van der Waals surface area contributed by atoms with Crippen LogP contribution >= 0.6 is 0 Å². The molecular formula is C30H24N3PtSi-. The first-order chi connectivity index (χ1) is 16.5. The molecule has 35 heavy (non-hydrogen) atoms. The minimum atomic E-state index is -2.05. The first-order valence-electron chi connectivity index (χ1n) is 11.4. The van der Waals surface area contributed by atoms with Crippen LogP contribution in [0.3, 0.4) is 0 Å². The maximum absolute atomic E-state index is 3.68. The summed E-state index contributed by atoms with van der Waals surface area (Å²) in [5.41, 5.74) is 4.40. The van der Waals surface area contributed by atoms with E-state index in [4.69, 9.17) is 0 Å². The van der Waals surface area contributed by atoms with E-state index in [0.717, 1.165) is 16.9 Å². The first kappa shape index (κ1) is 23.4. The zero-order chi connectivity index (χ0) is 23.3. The van der Waals surface area contributed by atoms with Crippen LogP contribution in [-0.2, 0) is 21.1 Å². The zero-order valence-corrected chi connectivity index (χ0v) is 23.1. The van der Waals surface area contributed by atoms with Gasteiger partial charge in [-0.15, -0.1) is 17.5 Å². The van der Waals surface area contributed by atoms with Crippen LogP contribution in [0.5, 0.6) is 0 Å². The summed E-state index contributed by atoms with van der Waals surface area (Å²) in [6.07, 6.45) is 4.00. The fraction of sp³-hybridized carbons (Fsp3) is 0.100. The van der Waals surface area contributed by atoms with Gasteiger partial charge in [-0.25, -0.2) is 0 Å². The van der Waals surface area contributed by atoms with Crippen molar-refractivity contribution in [2.24, 2.45) is 0 Å². The van der Waals surface area contributed by atoms with E-state index in [0.29, 0.717) is 0 Å². The predicted octanol–water partition coefficient (Wildman–Crippen LogP) is 4.95. The monoisotopic (exact) mass is 649 g/mol. The van der Waals surface area contributed by atoms with E-state index in [1.165, 1.54) is 26.7 Å². The van der Waals surface area contributed by atoms with Crippen molar-refractivity contribution in [3.63, 3.8) is 0 Å². The number of nitrogens with zero attached hydrogens (tertiary/aromatic N) is 3. The van der Waals surface area contributed by atoms with Crippen LogP contribution in [0.1, 0.15) is 0 Å². The van der Waals surface area contributed by atoms with Crippen LogP contribution in [0.4, 0.5) is 5.69 Å². The summed E-state index contributed by atoms with van der Waals surface area (Å²) in [4.78, 5) is 0. The minimum absolute atomic E-state index is 0. The normalized spacial score (nSPS) is 13.1. The molecule has 0 saturated heterocycles. The second-order valence-corrected chi connectivity index (χ2v) is 13.5. The van der Waals surface area contributed by atoms with Gasteiger partial charge in [0.05, 0.1) is 8.07 Å². The summed E-state index contributed by atoms with van der Waals surface area (Å²) < 4.78 is 6.20. The SMILES string of the molecule is C[N+]1=C=[N+](c2[c-]c([Si](C)(C)c3[c-]cc4c(c3)c3ccccc3n4-c3[c-]cccc3)ccc2)C=C1.[Pt]. The molecule has 1 aliphatic heterocycles. The van der Waals surface area contributed by atoms with E-state index in [-0.39, 0.29) is 21.1 Å². The summed E-state index contributed by atoms with van der Waals surface area (Å²) in [5.74, 6) is 0. The summed E-state index contributed by atoms with van der Waals surface area (Å²) in [7, 11) is -0.0708. The van der Waals surface area contributed by atoms with Crippen LogP contribution in [0.15, 0.2) is 91.3 Å². The molecule has 0 atom stereocenters. The van der Waals surface area contributed by atoms with E-state index in [9.17, 15) is 0 Å². The number of hydrogen-bond donors (Lipinski definition) is 0. The van der Waals surface area contributed by atoms with Gasteiger partial charge in [-0.2, -0.15) is 65.0 Å². The Kier molecular flexibility index (Phi) is 6.07. The third-order valence-electron chi connectivity index (χ3n) is 6.63. The van der Waals surface area contributed by atoms with Crippen molar-refractivity contribution in [3.8, 4) is 5.69 Å². The molecule has 0 radical (unpaired) electrons. The molecule has 0 fully saturated rings. The van der Waals surface area contributed by atoms with Gasteiger partial charge in [-0.3, -0.25) is 0 Å². The zero-order valence-electron chi connectivity index (χ0n) is 19.8. The van der Waals surface area contributed by atoms with Crippen LogP contribution in [0, 0.1) is 18.2 Å². The number of benzene rings is 4. The molecule has 5 aromatic rings. The Bertz CT molecular complexity index is 1670. The molecule has 0 saturated carbocycles. The summed E-state index contributed by atoms with van der Waals surface area (Å²) >= 11 is 0. The van der Waals surface area contributed by atoms with Crippen molar-refractivity contribution in [3.05, 3.63) is 109 Å². The Morgan fingerprint density at radius 2 is 1.66 bits per heavy atom. The molecule has 0 amide bonds. The molecule has 3 nitrogen and oxygen atoms in total. The van der Waals surface area contributed by atoms with Gasteiger partial charge in [0.1, 0.15) is 5.69 Å². The maximum atomic E-state index is 3.68. The molecule has 174 valence electrons. The number of hydrogen-bond acceptors (Lipinski definition) is 0. The topological polar surface area (TPSA) is 10.9 Å². The fourth-order valence-corrected chi connectivity index (χ4v) is 6.88. The molecule has 4 aromatic carbocycles. The molecule has 0 bridgehead atoms. The Morgan fingerprint density at radius 3 is 2.43 bits per heavy atom. The summed E-state index contributed by atoms with van der Waals surface area (Å²) in [6, 6.07) is 41.7. The van der Waals surface area contributed by atoms with Crippen LogP contribution in [0.25, 0.3) is 27.5 Å².